The summed E-state index contributed by atoms with van der Waals surface area (Å²) in [5.41, 5.74) is 4.32. The van der Waals surface area contributed by atoms with E-state index in [2.05, 4.69) is 5.32 Å². The molecule has 2 heterocycles. The minimum atomic E-state index is -0.567. The summed E-state index contributed by atoms with van der Waals surface area (Å²) in [5, 5.41) is 2.97. The molecule has 7 nitrogen and oxygen atoms in total. The van der Waals surface area contributed by atoms with Crippen molar-refractivity contribution in [3.63, 3.8) is 0 Å². The molecule has 0 saturated carbocycles. The zero-order valence-corrected chi connectivity index (χ0v) is 19.8. The van der Waals surface area contributed by atoms with Crippen LogP contribution in [0.15, 0.2) is 91.0 Å². The Hall–Kier alpha value is -4.39. The second-order valence-corrected chi connectivity index (χ2v) is 8.86. The third-order valence-corrected chi connectivity index (χ3v) is 6.45. The SMILES string of the molecule is O=C(Nc1cccc(-c2ccc(N3CC=CC3=O)cc2)c1)C1CCCN1C(=O)OCc1ccccc1. The molecule has 36 heavy (non-hydrogen) atoms. The van der Waals surface area contributed by atoms with Gasteiger partial charge in [0.1, 0.15) is 12.6 Å². The third kappa shape index (κ3) is 5.15. The molecule has 5 rings (SSSR count). The van der Waals surface area contributed by atoms with Crippen molar-refractivity contribution in [3.05, 3.63) is 96.6 Å². The first kappa shape index (κ1) is 23.4. The molecule has 0 radical (unpaired) electrons. The van der Waals surface area contributed by atoms with Gasteiger partial charge >= 0.3 is 6.09 Å². The van der Waals surface area contributed by atoms with Crippen LogP contribution in [-0.4, -0.2) is 41.9 Å². The molecule has 2 aliphatic rings. The lowest BCUT2D eigenvalue weighted by atomic mass is 10.0. The molecule has 0 bridgehead atoms. The van der Waals surface area contributed by atoms with Gasteiger partial charge in [-0.1, -0.05) is 60.7 Å². The van der Waals surface area contributed by atoms with E-state index in [1.807, 2.05) is 84.9 Å². The molecule has 0 aromatic heterocycles. The van der Waals surface area contributed by atoms with E-state index in [1.54, 1.807) is 11.0 Å². The summed E-state index contributed by atoms with van der Waals surface area (Å²) in [6.45, 7) is 1.25. The maximum atomic E-state index is 13.1. The first-order valence-electron chi connectivity index (χ1n) is 12.1. The fraction of sp³-hybridized carbons (Fsp3) is 0.207. The monoisotopic (exact) mass is 481 g/mol. The van der Waals surface area contributed by atoms with Crippen molar-refractivity contribution in [2.24, 2.45) is 0 Å². The predicted octanol–water partition coefficient (Wildman–Crippen LogP) is 5.00. The van der Waals surface area contributed by atoms with Crippen molar-refractivity contribution in [2.45, 2.75) is 25.5 Å². The van der Waals surface area contributed by atoms with E-state index in [-0.39, 0.29) is 18.4 Å². The highest BCUT2D eigenvalue weighted by atomic mass is 16.6. The molecule has 1 fully saturated rings. The van der Waals surface area contributed by atoms with Gasteiger partial charge in [0.15, 0.2) is 0 Å². The number of hydrogen-bond donors (Lipinski definition) is 1. The number of anilines is 2. The average Bonchev–Trinajstić information content (AvgIpc) is 3.58. The Morgan fingerprint density at radius 3 is 2.50 bits per heavy atom. The molecule has 3 amide bonds. The van der Waals surface area contributed by atoms with Crippen LogP contribution in [0.1, 0.15) is 18.4 Å². The van der Waals surface area contributed by atoms with Gasteiger partial charge < -0.3 is 15.0 Å². The number of amides is 3. The number of hydrogen-bond acceptors (Lipinski definition) is 4. The van der Waals surface area contributed by atoms with Gasteiger partial charge in [-0.25, -0.2) is 4.79 Å². The highest BCUT2D eigenvalue weighted by molar-refractivity contribution is 6.04. The third-order valence-electron chi connectivity index (χ3n) is 6.45. The Bertz CT molecular complexity index is 1290. The van der Waals surface area contributed by atoms with Crippen molar-refractivity contribution < 1.29 is 19.1 Å². The summed E-state index contributed by atoms with van der Waals surface area (Å²) >= 11 is 0. The standard InChI is InChI=1S/C29H27N3O4/c33-27-12-6-17-31(27)25-15-13-22(14-16-25)23-9-4-10-24(19-23)30-28(34)26-11-5-18-32(26)29(35)36-20-21-7-2-1-3-8-21/h1-4,6-10,12-16,19,26H,5,11,17-18,20H2,(H,30,34). The Morgan fingerprint density at radius 2 is 1.75 bits per heavy atom. The minimum absolute atomic E-state index is 0.0163. The van der Waals surface area contributed by atoms with Gasteiger partial charge in [0.25, 0.3) is 5.91 Å². The van der Waals surface area contributed by atoms with Gasteiger partial charge in [0.2, 0.25) is 5.91 Å². The van der Waals surface area contributed by atoms with Crippen LogP contribution in [0.3, 0.4) is 0 Å². The normalized spacial score (nSPS) is 16.9. The van der Waals surface area contributed by atoms with E-state index in [0.717, 1.165) is 28.8 Å². The van der Waals surface area contributed by atoms with E-state index in [9.17, 15) is 14.4 Å². The van der Waals surface area contributed by atoms with Crippen LogP contribution in [0, 0.1) is 0 Å². The van der Waals surface area contributed by atoms with Crippen molar-refractivity contribution >= 4 is 29.3 Å². The van der Waals surface area contributed by atoms with Crippen LogP contribution in [-0.2, 0) is 20.9 Å². The predicted molar refractivity (Wildman–Crippen MR) is 138 cm³/mol. The molecule has 2 aliphatic heterocycles. The topological polar surface area (TPSA) is 79.0 Å². The summed E-state index contributed by atoms with van der Waals surface area (Å²) in [6, 6.07) is 24.3. The summed E-state index contributed by atoms with van der Waals surface area (Å²) < 4.78 is 5.45. The lowest BCUT2D eigenvalue weighted by Crippen LogP contribution is -2.43. The van der Waals surface area contributed by atoms with Crippen LogP contribution in [0.25, 0.3) is 11.1 Å². The number of carbonyl (C=O) groups is 3. The number of likely N-dealkylation sites (tertiary alicyclic amines) is 1. The number of benzene rings is 3. The number of nitrogens with zero attached hydrogens (tertiary/aromatic N) is 2. The van der Waals surface area contributed by atoms with E-state index in [1.165, 1.54) is 4.90 Å². The van der Waals surface area contributed by atoms with E-state index in [4.69, 9.17) is 4.74 Å². The molecule has 182 valence electrons. The molecule has 0 aliphatic carbocycles. The van der Waals surface area contributed by atoms with Gasteiger partial charge in [-0.3, -0.25) is 14.5 Å². The number of ether oxygens (including phenoxy) is 1. The molecular weight excluding hydrogens is 454 g/mol. The first-order chi connectivity index (χ1) is 17.6. The summed E-state index contributed by atoms with van der Waals surface area (Å²) in [5.74, 6) is -0.242. The molecule has 1 atom stereocenters. The van der Waals surface area contributed by atoms with Crippen LogP contribution < -0.4 is 10.2 Å². The molecule has 0 spiro atoms. The molecule has 1 saturated heterocycles. The van der Waals surface area contributed by atoms with Crippen LogP contribution in [0.2, 0.25) is 0 Å². The lowest BCUT2D eigenvalue weighted by Gasteiger charge is -2.23. The Balaban J connectivity index is 1.22. The van der Waals surface area contributed by atoms with E-state index >= 15 is 0 Å². The Labute approximate surface area is 210 Å². The lowest BCUT2D eigenvalue weighted by molar-refractivity contribution is -0.120. The first-order valence-corrected chi connectivity index (χ1v) is 12.1. The number of carbonyl (C=O) groups excluding carboxylic acids is 3. The quantitative estimate of drug-likeness (QED) is 0.538. The highest BCUT2D eigenvalue weighted by Gasteiger charge is 2.35. The number of nitrogens with one attached hydrogen (secondary N) is 1. The van der Waals surface area contributed by atoms with Gasteiger partial charge in [-0.2, -0.15) is 0 Å². The average molecular weight is 482 g/mol. The van der Waals surface area contributed by atoms with Crippen LogP contribution in [0.4, 0.5) is 16.2 Å². The maximum Gasteiger partial charge on any atom is 0.410 e. The Morgan fingerprint density at radius 1 is 0.944 bits per heavy atom. The second kappa shape index (κ2) is 10.5. The molecule has 3 aromatic carbocycles. The van der Waals surface area contributed by atoms with Gasteiger partial charge in [-0.15, -0.1) is 0 Å². The van der Waals surface area contributed by atoms with Crippen molar-refractivity contribution in [1.82, 2.24) is 4.90 Å². The van der Waals surface area contributed by atoms with Crippen LogP contribution >= 0.6 is 0 Å². The second-order valence-electron chi connectivity index (χ2n) is 8.86. The molecule has 1 N–H and O–H groups in total. The van der Waals surface area contributed by atoms with Crippen molar-refractivity contribution in [3.8, 4) is 11.1 Å². The molecule has 3 aromatic rings. The van der Waals surface area contributed by atoms with E-state index in [0.29, 0.717) is 25.2 Å². The zero-order valence-electron chi connectivity index (χ0n) is 19.8. The number of rotatable bonds is 6. The summed E-state index contributed by atoms with van der Waals surface area (Å²) in [6.07, 6.45) is 4.29. The van der Waals surface area contributed by atoms with E-state index < -0.39 is 12.1 Å². The minimum Gasteiger partial charge on any atom is -0.445 e. The zero-order chi connectivity index (χ0) is 24.9. The fourth-order valence-corrected chi connectivity index (χ4v) is 4.57. The largest absolute Gasteiger partial charge is 0.445 e. The van der Waals surface area contributed by atoms with Crippen molar-refractivity contribution in [2.75, 3.05) is 23.3 Å². The van der Waals surface area contributed by atoms with Gasteiger partial charge in [0, 0.05) is 30.5 Å². The summed E-state index contributed by atoms with van der Waals surface area (Å²) in [7, 11) is 0. The smallest absolute Gasteiger partial charge is 0.410 e. The molecule has 1 unspecified atom stereocenters. The van der Waals surface area contributed by atoms with Crippen molar-refractivity contribution in [1.29, 1.82) is 0 Å². The summed E-state index contributed by atoms with van der Waals surface area (Å²) in [4.78, 5) is 40.9. The molecular formula is C29H27N3O4. The fourth-order valence-electron chi connectivity index (χ4n) is 4.57. The highest BCUT2D eigenvalue weighted by Crippen LogP contribution is 2.27. The van der Waals surface area contributed by atoms with Crippen LogP contribution in [0.5, 0.6) is 0 Å². The van der Waals surface area contributed by atoms with Gasteiger partial charge in [0.05, 0.1) is 0 Å². The maximum absolute atomic E-state index is 13.1. The Kier molecular flexibility index (Phi) is 6.80. The molecule has 7 heteroatoms. The van der Waals surface area contributed by atoms with Gasteiger partial charge in [-0.05, 0) is 53.8 Å².